The van der Waals surface area contributed by atoms with E-state index in [1.54, 1.807) is 11.8 Å². The van der Waals surface area contributed by atoms with Gasteiger partial charge in [0.05, 0.1) is 0 Å². The summed E-state index contributed by atoms with van der Waals surface area (Å²) in [5.41, 5.74) is 7.56. The Kier molecular flexibility index (Phi) is 8.20. The zero-order valence-corrected chi connectivity index (χ0v) is 14.5. The van der Waals surface area contributed by atoms with Crippen LogP contribution in [-0.2, 0) is 0 Å². The van der Waals surface area contributed by atoms with E-state index in [4.69, 9.17) is 17.3 Å². The number of benzene rings is 2. The molecule has 2 rings (SSSR count). The van der Waals surface area contributed by atoms with Crippen molar-refractivity contribution in [3.63, 3.8) is 0 Å². The van der Waals surface area contributed by atoms with Crippen LogP contribution < -0.4 is 5.73 Å². The van der Waals surface area contributed by atoms with Crippen LogP contribution in [0.2, 0.25) is 5.02 Å². The lowest BCUT2D eigenvalue weighted by molar-refractivity contribution is 0.596. The molecule has 0 aliphatic rings. The highest BCUT2D eigenvalue weighted by Crippen LogP contribution is 2.34. The Morgan fingerprint density at radius 2 is 1.76 bits per heavy atom. The molecule has 0 saturated heterocycles. The highest BCUT2D eigenvalue weighted by atomic mass is 35.5. The molecule has 0 fully saturated rings. The predicted molar refractivity (Wildman–Crippen MR) is 95.7 cm³/mol. The average molecular weight is 342 g/mol. The summed E-state index contributed by atoms with van der Waals surface area (Å²) in [6.45, 7) is 2.20. The fraction of sp³-hybridized carbons (Fsp3) is 0.294. The molecule has 1 atom stereocenters. The zero-order valence-electron chi connectivity index (χ0n) is 12.1. The number of unbranched alkanes of at least 4 members (excludes halogenated alkanes) is 1. The van der Waals surface area contributed by atoms with E-state index in [0.717, 1.165) is 11.4 Å². The van der Waals surface area contributed by atoms with Crippen LogP contribution in [0.3, 0.4) is 0 Å². The van der Waals surface area contributed by atoms with Crippen LogP contribution in [0.1, 0.15) is 37.8 Å². The molecular formula is C17H21Cl2NS. The fourth-order valence-electron chi connectivity index (χ4n) is 2.09. The summed E-state index contributed by atoms with van der Waals surface area (Å²) < 4.78 is 0. The second-order valence-corrected chi connectivity index (χ2v) is 6.39. The van der Waals surface area contributed by atoms with Gasteiger partial charge in [0.15, 0.2) is 0 Å². The van der Waals surface area contributed by atoms with Gasteiger partial charge in [0, 0.05) is 20.9 Å². The van der Waals surface area contributed by atoms with E-state index in [2.05, 4.69) is 31.2 Å². The Labute approximate surface area is 142 Å². The van der Waals surface area contributed by atoms with Gasteiger partial charge in [-0.3, -0.25) is 0 Å². The van der Waals surface area contributed by atoms with Crippen molar-refractivity contribution in [3.05, 3.63) is 59.1 Å². The van der Waals surface area contributed by atoms with Crippen molar-refractivity contribution in [2.24, 2.45) is 5.73 Å². The van der Waals surface area contributed by atoms with Gasteiger partial charge >= 0.3 is 0 Å². The second-order valence-electron chi connectivity index (χ2n) is 4.84. The van der Waals surface area contributed by atoms with Crippen molar-refractivity contribution in [2.75, 3.05) is 0 Å². The largest absolute Gasteiger partial charge is 0.324 e. The molecule has 21 heavy (non-hydrogen) atoms. The monoisotopic (exact) mass is 341 g/mol. The first-order valence-electron chi connectivity index (χ1n) is 6.98. The molecule has 0 saturated carbocycles. The Morgan fingerprint density at radius 1 is 1.10 bits per heavy atom. The first-order chi connectivity index (χ1) is 9.70. The van der Waals surface area contributed by atoms with Gasteiger partial charge in [-0.05, 0) is 42.3 Å². The minimum absolute atomic E-state index is 0. The summed E-state index contributed by atoms with van der Waals surface area (Å²) in [6.07, 6.45) is 3.38. The molecule has 2 aromatic rings. The Hall–Kier alpha value is -0.670. The van der Waals surface area contributed by atoms with E-state index in [9.17, 15) is 0 Å². The molecule has 1 nitrogen and oxygen atoms in total. The Balaban J connectivity index is 0.00000220. The molecule has 0 heterocycles. The molecular weight excluding hydrogens is 321 g/mol. The van der Waals surface area contributed by atoms with Crippen molar-refractivity contribution in [1.82, 2.24) is 0 Å². The van der Waals surface area contributed by atoms with Crippen LogP contribution in [0.5, 0.6) is 0 Å². The minimum atomic E-state index is 0. The van der Waals surface area contributed by atoms with Gasteiger partial charge in [0.25, 0.3) is 0 Å². The summed E-state index contributed by atoms with van der Waals surface area (Å²) >= 11 is 7.67. The number of rotatable bonds is 6. The van der Waals surface area contributed by atoms with Crippen molar-refractivity contribution >= 4 is 35.8 Å². The Bertz CT molecular complexity index is 543. The maximum absolute atomic E-state index is 6.33. The molecule has 0 aromatic heterocycles. The summed E-state index contributed by atoms with van der Waals surface area (Å²) in [6, 6.07) is 16.4. The third-order valence-electron chi connectivity index (χ3n) is 3.23. The SMILES string of the molecule is CCCC[C@@H](N)c1ccccc1Sc1ccc(Cl)cc1.Cl. The zero-order chi connectivity index (χ0) is 14.4. The maximum Gasteiger partial charge on any atom is 0.0406 e. The smallest absolute Gasteiger partial charge is 0.0406 e. The van der Waals surface area contributed by atoms with E-state index in [1.165, 1.54) is 28.2 Å². The number of nitrogens with two attached hydrogens (primary N) is 1. The van der Waals surface area contributed by atoms with E-state index in [-0.39, 0.29) is 18.4 Å². The average Bonchev–Trinajstić information content (AvgIpc) is 2.48. The summed E-state index contributed by atoms with van der Waals surface area (Å²) in [4.78, 5) is 2.42. The standard InChI is InChI=1S/C17H20ClNS.ClH/c1-2-3-7-16(19)15-6-4-5-8-17(15)20-14-11-9-13(18)10-12-14;/h4-6,8-12,16H,2-3,7,19H2,1H3;1H/t16-;/m1./s1. The summed E-state index contributed by atoms with van der Waals surface area (Å²) in [5, 5.41) is 0.766. The molecule has 114 valence electrons. The lowest BCUT2D eigenvalue weighted by atomic mass is 10.0. The number of halogens is 2. The van der Waals surface area contributed by atoms with Gasteiger partial charge < -0.3 is 5.73 Å². The minimum Gasteiger partial charge on any atom is -0.324 e. The van der Waals surface area contributed by atoms with Crippen LogP contribution in [0.25, 0.3) is 0 Å². The maximum atomic E-state index is 6.33. The third-order valence-corrected chi connectivity index (χ3v) is 4.58. The molecule has 2 N–H and O–H groups in total. The van der Waals surface area contributed by atoms with Crippen LogP contribution in [0, 0.1) is 0 Å². The topological polar surface area (TPSA) is 26.0 Å². The highest BCUT2D eigenvalue weighted by Gasteiger charge is 2.11. The molecule has 0 aliphatic carbocycles. The number of hydrogen-bond donors (Lipinski definition) is 1. The molecule has 0 spiro atoms. The fourth-order valence-corrected chi connectivity index (χ4v) is 3.22. The second kappa shape index (κ2) is 9.37. The van der Waals surface area contributed by atoms with Crippen molar-refractivity contribution in [2.45, 2.75) is 42.0 Å². The van der Waals surface area contributed by atoms with Crippen molar-refractivity contribution in [1.29, 1.82) is 0 Å². The summed E-state index contributed by atoms with van der Waals surface area (Å²) in [7, 11) is 0. The third kappa shape index (κ3) is 5.55. The molecule has 4 heteroatoms. The van der Waals surface area contributed by atoms with Crippen LogP contribution >= 0.6 is 35.8 Å². The first-order valence-corrected chi connectivity index (χ1v) is 8.18. The van der Waals surface area contributed by atoms with Gasteiger partial charge in [0.1, 0.15) is 0 Å². The molecule has 0 radical (unpaired) electrons. The molecule has 0 aliphatic heterocycles. The van der Waals surface area contributed by atoms with Crippen LogP contribution in [-0.4, -0.2) is 0 Å². The number of hydrogen-bond acceptors (Lipinski definition) is 2. The highest BCUT2D eigenvalue weighted by molar-refractivity contribution is 7.99. The van der Waals surface area contributed by atoms with Gasteiger partial charge in [-0.1, -0.05) is 61.3 Å². The van der Waals surface area contributed by atoms with E-state index in [0.29, 0.717) is 0 Å². The summed E-state index contributed by atoms with van der Waals surface area (Å²) in [5.74, 6) is 0. The molecule has 0 unspecified atom stereocenters. The predicted octanol–water partition coefficient (Wildman–Crippen LogP) is 6.10. The molecule has 0 bridgehead atoms. The van der Waals surface area contributed by atoms with Crippen LogP contribution in [0.15, 0.2) is 58.3 Å². The van der Waals surface area contributed by atoms with Gasteiger partial charge in [-0.15, -0.1) is 12.4 Å². The van der Waals surface area contributed by atoms with E-state index in [1.807, 2.05) is 24.3 Å². The van der Waals surface area contributed by atoms with Crippen LogP contribution in [0.4, 0.5) is 0 Å². The quantitative estimate of drug-likeness (QED) is 0.686. The lowest BCUT2D eigenvalue weighted by Crippen LogP contribution is -2.11. The van der Waals surface area contributed by atoms with E-state index < -0.39 is 0 Å². The van der Waals surface area contributed by atoms with Crippen molar-refractivity contribution in [3.8, 4) is 0 Å². The normalized spacial score (nSPS) is 11.8. The molecule has 0 amide bonds. The van der Waals surface area contributed by atoms with Gasteiger partial charge in [-0.2, -0.15) is 0 Å². The van der Waals surface area contributed by atoms with Gasteiger partial charge in [0.2, 0.25) is 0 Å². The van der Waals surface area contributed by atoms with Gasteiger partial charge in [-0.25, -0.2) is 0 Å². The van der Waals surface area contributed by atoms with E-state index >= 15 is 0 Å². The molecule has 2 aromatic carbocycles. The first kappa shape index (κ1) is 18.4. The van der Waals surface area contributed by atoms with Crippen molar-refractivity contribution < 1.29 is 0 Å². The Morgan fingerprint density at radius 3 is 2.43 bits per heavy atom. The lowest BCUT2D eigenvalue weighted by Gasteiger charge is -2.16.